The number of ether oxygens (including phenoxy) is 1. The monoisotopic (exact) mass is 567 g/mol. The molecule has 3 saturated heterocycles. The summed E-state index contributed by atoms with van der Waals surface area (Å²) in [6.45, 7) is 8.80. The standard InChI is InChI=1S/C9H13O4S.C5H6NO2.U/c1-5-8(2)4-6-7(12-8)9(5,3)13-14(6,10)11;1-2-5(8)6-3-4-7;/h6-7H,4H2,1-3H3;2H,1,3H2,(H,6,8);/q2*-1;+2. The van der Waals surface area contributed by atoms with Crippen molar-refractivity contribution in [2.45, 2.75) is 49.7 Å². The van der Waals surface area contributed by atoms with Gasteiger partial charge in [0.1, 0.15) is 5.25 Å². The molecule has 0 aromatic carbocycles. The molecule has 1 N–H and O–H groups in total. The van der Waals surface area contributed by atoms with Gasteiger partial charge in [-0.1, -0.05) is 27.0 Å². The van der Waals surface area contributed by atoms with Crippen molar-refractivity contribution in [1.82, 2.24) is 5.32 Å². The molecule has 126 valence electrons. The Hall–Kier alpha value is -0.198. The number of amides is 1. The Kier molecular flexibility index (Phi) is 6.31. The van der Waals surface area contributed by atoms with Gasteiger partial charge in [-0.15, -0.1) is 0 Å². The molecule has 7 nitrogen and oxygen atoms in total. The van der Waals surface area contributed by atoms with Gasteiger partial charge in [-0.05, 0) is 23.7 Å². The molecule has 0 aliphatic carbocycles. The van der Waals surface area contributed by atoms with Gasteiger partial charge in [0, 0.05) is 0 Å². The fraction of sp³-hybridized carbons (Fsp3) is 0.643. The summed E-state index contributed by atoms with van der Waals surface area (Å²) in [6, 6.07) is 0. The number of hydrogen-bond acceptors (Lipinski definition) is 6. The molecule has 9 heteroatoms. The molecule has 0 aromatic heterocycles. The van der Waals surface area contributed by atoms with E-state index in [9.17, 15) is 18.0 Å². The van der Waals surface area contributed by atoms with Crippen molar-refractivity contribution >= 4 is 22.3 Å². The smallest absolute Gasteiger partial charge is 0.540 e. The average Bonchev–Trinajstić information content (AvgIpc) is 2.96. The van der Waals surface area contributed by atoms with E-state index < -0.39 is 26.6 Å². The molecule has 0 aromatic rings. The van der Waals surface area contributed by atoms with Crippen LogP contribution in [0, 0.1) is 37.0 Å². The summed E-state index contributed by atoms with van der Waals surface area (Å²) < 4.78 is 34.3. The largest absolute Gasteiger partial charge is 2.00 e. The molecule has 0 spiro atoms. The molecule has 3 fully saturated rings. The second-order valence-electron chi connectivity index (χ2n) is 5.89. The van der Waals surface area contributed by atoms with Crippen LogP contribution >= 0.6 is 0 Å². The van der Waals surface area contributed by atoms with Gasteiger partial charge in [-0.25, -0.2) is 6.29 Å². The first-order valence-electron chi connectivity index (χ1n) is 6.83. The topological polar surface area (TPSA) is 98.8 Å². The van der Waals surface area contributed by atoms with Crippen LogP contribution in [0.4, 0.5) is 0 Å². The molecule has 3 aliphatic rings. The van der Waals surface area contributed by atoms with Gasteiger partial charge in [-0.2, -0.15) is 15.3 Å². The van der Waals surface area contributed by atoms with Gasteiger partial charge in [0.25, 0.3) is 10.1 Å². The van der Waals surface area contributed by atoms with Crippen LogP contribution in [0.25, 0.3) is 0 Å². The Labute approximate surface area is 160 Å². The quantitative estimate of drug-likeness (QED) is 0.294. The Morgan fingerprint density at radius 3 is 2.57 bits per heavy atom. The summed E-state index contributed by atoms with van der Waals surface area (Å²) in [5.74, 6) is 0.653. The minimum absolute atomic E-state index is 0. The summed E-state index contributed by atoms with van der Waals surface area (Å²) in [4.78, 5) is 19.6. The second-order valence-corrected chi connectivity index (χ2v) is 7.64. The number of fused-ring (bicyclic) bond motifs is 1. The van der Waals surface area contributed by atoms with Crippen LogP contribution in [0.15, 0.2) is 12.7 Å². The third-order valence-corrected chi connectivity index (χ3v) is 6.31. The van der Waals surface area contributed by atoms with Gasteiger partial charge in [-0.3, -0.25) is 14.9 Å². The molecule has 0 saturated carbocycles. The fourth-order valence-corrected chi connectivity index (χ4v) is 5.17. The summed E-state index contributed by atoms with van der Waals surface area (Å²) >= 11 is 0. The Morgan fingerprint density at radius 1 is 1.52 bits per heavy atom. The molecule has 23 heavy (non-hydrogen) atoms. The molecule has 3 heterocycles. The summed E-state index contributed by atoms with van der Waals surface area (Å²) in [7, 11) is -3.41. The van der Waals surface area contributed by atoms with Crippen molar-refractivity contribution in [3.8, 4) is 0 Å². The van der Waals surface area contributed by atoms with Crippen LogP contribution in [-0.4, -0.2) is 49.7 Å². The number of rotatable bonds is 3. The maximum absolute atomic E-state index is 11.7. The van der Waals surface area contributed by atoms with E-state index >= 15 is 0 Å². The number of carbonyl (C=O) groups is 1. The SMILES string of the molecule is C=CC(=O)NC[C-]=O.C[C-]1C2(C)CC3C(O2)C1(C)OS3(=O)=O.[U+2]. The van der Waals surface area contributed by atoms with Crippen molar-refractivity contribution in [3.63, 3.8) is 0 Å². The van der Waals surface area contributed by atoms with Crippen LogP contribution < -0.4 is 5.32 Å². The third kappa shape index (κ3) is 3.45. The van der Waals surface area contributed by atoms with E-state index in [1.165, 1.54) is 6.29 Å². The first-order chi connectivity index (χ1) is 10.1. The molecule has 4 atom stereocenters. The van der Waals surface area contributed by atoms with Crippen LogP contribution in [0.3, 0.4) is 0 Å². The van der Waals surface area contributed by atoms with E-state index in [0.29, 0.717) is 6.42 Å². The van der Waals surface area contributed by atoms with Gasteiger partial charge in [0.05, 0.1) is 6.10 Å². The average molecular weight is 567 g/mol. The van der Waals surface area contributed by atoms with E-state index in [0.717, 1.165) is 12.0 Å². The maximum atomic E-state index is 11.7. The summed E-state index contributed by atoms with van der Waals surface area (Å²) in [6.07, 6.45) is 2.85. The van der Waals surface area contributed by atoms with Crippen molar-refractivity contribution in [3.05, 3.63) is 18.6 Å². The molecular weight excluding hydrogens is 548 g/mol. The van der Waals surface area contributed by atoms with E-state index in [1.807, 2.05) is 20.8 Å². The van der Waals surface area contributed by atoms with Crippen molar-refractivity contribution in [2.75, 3.05) is 6.54 Å². The summed E-state index contributed by atoms with van der Waals surface area (Å²) in [5, 5.41) is 1.74. The van der Waals surface area contributed by atoms with E-state index in [-0.39, 0.29) is 49.7 Å². The zero-order valence-electron chi connectivity index (χ0n) is 13.2. The molecule has 1 amide bonds. The van der Waals surface area contributed by atoms with Gasteiger partial charge >= 0.3 is 31.1 Å². The minimum Gasteiger partial charge on any atom is -0.540 e. The molecule has 4 unspecified atom stereocenters. The molecular formula is C14H19NO6SU. The van der Waals surface area contributed by atoms with Gasteiger partial charge in [0.2, 0.25) is 5.91 Å². The molecule has 3 aliphatic heterocycles. The Balaban J connectivity index is 0.000000258. The van der Waals surface area contributed by atoms with Crippen molar-refractivity contribution in [1.29, 1.82) is 0 Å². The fourth-order valence-electron chi connectivity index (χ4n) is 3.20. The van der Waals surface area contributed by atoms with Crippen LogP contribution in [0.1, 0.15) is 27.2 Å². The maximum Gasteiger partial charge on any atom is 2.00 e. The summed E-state index contributed by atoms with van der Waals surface area (Å²) in [5.41, 5.74) is -1.11. The van der Waals surface area contributed by atoms with Crippen LogP contribution in [-0.2, 0) is 28.6 Å². The molecule has 2 bridgehead atoms. The van der Waals surface area contributed by atoms with E-state index in [1.54, 1.807) is 0 Å². The van der Waals surface area contributed by atoms with E-state index in [4.69, 9.17) is 8.92 Å². The van der Waals surface area contributed by atoms with Crippen LogP contribution in [0.5, 0.6) is 0 Å². The zero-order chi connectivity index (χ0) is 16.8. The first kappa shape index (κ1) is 20.8. The van der Waals surface area contributed by atoms with Crippen molar-refractivity contribution < 1.29 is 58.0 Å². The minimum atomic E-state index is -3.41. The number of nitrogens with one attached hydrogen (secondary N) is 1. The van der Waals surface area contributed by atoms with E-state index in [2.05, 4.69) is 11.9 Å². The van der Waals surface area contributed by atoms with Crippen LogP contribution in [0.2, 0.25) is 0 Å². The normalized spacial score (nSPS) is 38.9. The molecule has 0 radical (unpaired) electrons. The number of hydrogen-bond donors (Lipinski definition) is 1. The van der Waals surface area contributed by atoms with Crippen molar-refractivity contribution in [2.24, 2.45) is 0 Å². The van der Waals surface area contributed by atoms with Gasteiger partial charge in [0.15, 0.2) is 0 Å². The first-order valence-corrected chi connectivity index (χ1v) is 8.30. The third-order valence-electron chi connectivity index (χ3n) is 4.58. The zero-order valence-corrected chi connectivity index (χ0v) is 18.2. The Bertz CT molecular complexity index is 608. The Morgan fingerprint density at radius 2 is 2.13 bits per heavy atom. The second kappa shape index (κ2) is 6.97. The predicted octanol–water partition coefficient (Wildman–Crippen LogP) is 0.0276. The predicted molar refractivity (Wildman–Crippen MR) is 77.9 cm³/mol. The number of carbonyl (C=O) groups excluding carboxylic acids is 2. The molecule has 3 rings (SSSR count). The van der Waals surface area contributed by atoms with Gasteiger partial charge < -0.3 is 14.8 Å².